The van der Waals surface area contributed by atoms with Crippen molar-refractivity contribution in [3.05, 3.63) is 0 Å². The lowest BCUT2D eigenvalue weighted by Gasteiger charge is -2.11. The van der Waals surface area contributed by atoms with Crippen molar-refractivity contribution in [1.29, 1.82) is 0 Å². The fraction of sp³-hybridized carbons (Fsp3) is 0.667. The second-order valence-corrected chi connectivity index (χ2v) is 1.91. The lowest BCUT2D eigenvalue weighted by molar-refractivity contribution is 0.231. The van der Waals surface area contributed by atoms with E-state index in [1.165, 1.54) is 11.2 Å². The first-order valence-electron chi connectivity index (χ1n) is 3.20. The first-order chi connectivity index (χ1) is 4.72. The Kier molecular flexibility index (Phi) is 4.28. The maximum atomic E-state index is 10.5. The normalized spacial score (nSPS) is 10.2. The van der Waals surface area contributed by atoms with Gasteiger partial charge in [-0.1, -0.05) is 6.92 Å². The van der Waals surface area contributed by atoms with Crippen LogP contribution in [0.2, 0.25) is 0 Å². The number of amides is 2. The Hall–Kier alpha value is -1.06. The number of rotatable bonds is 3. The number of hydrogen-bond donors (Lipinski definition) is 1. The quantitative estimate of drug-likeness (QED) is 0.452. The van der Waals surface area contributed by atoms with Gasteiger partial charge in [-0.25, -0.2) is 4.79 Å². The van der Waals surface area contributed by atoms with E-state index in [2.05, 4.69) is 4.99 Å². The summed E-state index contributed by atoms with van der Waals surface area (Å²) < 4.78 is 0. The van der Waals surface area contributed by atoms with Crippen molar-refractivity contribution in [3.8, 4) is 0 Å². The summed E-state index contributed by atoms with van der Waals surface area (Å²) in [6.45, 7) is 2.60. The van der Waals surface area contributed by atoms with E-state index < -0.39 is 6.03 Å². The zero-order valence-electron chi connectivity index (χ0n) is 6.37. The molecule has 2 N–H and O–H groups in total. The summed E-state index contributed by atoms with van der Waals surface area (Å²) in [4.78, 5) is 15.6. The molecule has 0 aliphatic rings. The first-order valence-corrected chi connectivity index (χ1v) is 3.20. The van der Waals surface area contributed by atoms with E-state index in [4.69, 9.17) is 5.73 Å². The molecule has 0 aliphatic heterocycles. The predicted molar refractivity (Wildman–Crippen MR) is 41.0 cm³/mol. The summed E-state index contributed by atoms with van der Waals surface area (Å²) in [6, 6.07) is -0.451. The molecule has 0 saturated carbocycles. The fourth-order valence-electron chi connectivity index (χ4n) is 0.605. The van der Waals surface area contributed by atoms with Crippen LogP contribution in [0.5, 0.6) is 0 Å². The van der Waals surface area contributed by atoms with Gasteiger partial charge in [0.25, 0.3) is 0 Å². The van der Waals surface area contributed by atoms with Gasteiger partial charge >= 0.3 is 6.03 Å². The number of urea groups is 1. The molecule has 0 unspecified atom stereocenters. The van der Waals surface area contributed by atoms with Gasteiger partial charge in [0.05, 0.1) is 6.34 Å². The van der Waals surface area contributed by atoms with Gasteiger partial charge in [-0.15, -0.1) is 0 Å². The molecule has 0 spiro atoms. The van der Waals surface area contributed by atoms with Crippen LogP contribution < -0.4 is 5.73 Å². The van der Waals surface area contributed by atoms with Crippen LogP contribution in [-0.2, 0) is 0 Å². The molecule has 0 aromatic carbocycles. The monoisotopic (exact) mass is 143 g/mol. The van der Waals surface area contributed by atoms with Crippen LogP contribution in [0.15, 0.2) is 4.99 Å². The number of aliphatic imine (C=N–C) groups is 1. The molecule has 2 amide bonds. The summed E-state index contributed by atoms with van der Waals surface area (Å²) in [6.07, 6.45) is 2.32. The van der Waals surface area contributed by atoms with Crippen LogP contribution in [0.25, 0.3) is 0 Å². The van der Waals surface area contributed by atoms with Crippen LogP contribution >= 0.6 is 0 Å². The molecule has 0 heterocycles. The molecule has 10 heavy (non-hydrogen) atoms. The molecule has 0 aromatic heterocycles. The van der Waals surface area contributed by atoms with E-state index in [0.29, 0.717) is 6.54 Å². The smallest absolute Gasteiger partial charge is 0.319 e. The van der Waals surface area contributed by atoms with Gasteiger partial charge in [-0.05, 0) is 6.42 Å². The van der Waals surface area contributed by atoms with Crippen molar-refractivity contribution in [2.75, 3.05) is 13.6 Å². The van der Waals surface area contributed by atoms with Crippen molar-refractivity contribution in [1.82, 2.24) is 4.90 Å². The zero-order chi connectivity index (χ0) is 7.98. The minimum Gasteiger partial charge on any atom is -0.351 e. The maximum Gasteiger partial charge on any atom is 0.319 e. The fourth-order valence-corrected chi connectivity index (χ4v) is 0.605. The molecular weight excluding hydrogens is 130 g/mol. The lowest BCUT2D eigenvalue weighted by Crippen LogP contribution is -2.35. The molecule has 4 nitrogen and oxygen atoms in total. The van der Waals surface area contributed by atoms with Gasteiger partial charge in [-0.2, -0.15) is 0 Å². The van der Waals surface area contributed by atoms with Gasteiger partial charge in [-0.3, -0.25) is 9.89 Å². The van der Waals surface area contributed by atoms with Crippen LogP contribution in [0, 0.1) is 0 Å². The summed E-state index contributed by atoms with van der Waals surface area (Å²) in [7, 11) is 1.60. The summed E-state index contributed by atoms with van der Waals surface area (Å²) in [5.74, 6) is 0. The highest BCUT2D eigenvalue weighted by Crippen LogP contribution is 1.85. The highest BCUT2D eigenvalue weighted by Gasteiger charge is 2.02. The molecule has 0 fully saturated rings. The average Bonchev–Trinajstić information content (AvgIpc) is 1.87. The van der Waals surface area contributed by atoms with E-state index in [0.717, 1.165) is 6.42 Å². The van der Waals surface area contributed by atoms with E-state index in [9.17, 15) is 4.79 Å². The summed E-state index contributed by atoms with van der Waals surface area (Å²) in [5.41, 5.74) is 5.00. The highest BCUT2D eigenvalue weighted by atomic mass is 16.2. The molecule has 0 aliphatic carbocycles. The predicted octanol–water partition coefficient (Wildman–Crippen LogP) is 0.435. The van der Waals surface area contributed by atoms with Crippen LogP contribution in [-0.4, -0.2) is 30.9 Å². The molecular formula is C6H13N3O. The average molecular weight is 143 g/mol. The van der Waals surface area contributed by atoms with Crippen molar-refractivity contribution < 1.29 is 4.79 Å². The Labute approximate surface area is 60.7 Å². The van der Waals surface area contributed by atoms with Crippen molar-refractivity contribution in [2.24, 2.45) is 10.7 Å². The minimum atomic E-state index is -0.451. The molecule has 0 saturated heterocycles. The molecule has 0 radical (unpaired) electrons. The Balaban J connectivity index is 3.85. The second-order valence-electron chi connectivity index (χ2n) is 1.91. The second kappa shape index (κ2) is 4.78. The topological polar surface area (TPSA) is 58.7 Å². The molecule has 0 bridgehead atoms. The lowest BCUT2D eigenvalue weighted by atomic mass is 10.4. The van der Waals surface area contributed by atoms with Crippen molar-refractivity contribution >= 4 is 12.4 Å². The minimum absolute atomic E-state index is 0.451. The molecule has 0 rings (SSSR count). The first kappa shape index (κ1) is 8.94. The van der Waals surface area contributed by atoms with E-state index in [1.807, 2.05) is 6.92 Å². The summed E-state index contributed by atoms with van der Waals surface area (Å²) >= 11 is 0. The number of carbonyl (C=O) groups is 1. The van der Waals surface area contributed by atoms with Crippen LogP contribution in [0.4, 0.5) is 4.79 Å². The maximum absolute atomic E-state index is 10.5. The van der Waals surface area contributed by atoms with Gasteiger partial charge in [0.2, 0.25) is 0 Å². The Morgan fingerprint density at radius 3 is 2.70 bits per heavy atom. The van der Waals surface area contributed by atoms with Crippen molar-refractivity contribution in [3.63, 3.8) is 0 Å². The number of nitrogens with two attached hydrogens (primary N) is 1. The molecule has 0 aromatic rings. The third kappa shape index (κ3) is 3.06. The molecule has 58 valence electrons. The zero-order valence-corrected chi connectivity index (χ0v) is 6.37. The van der Waals surface area contributed by atoms with Gasteiger partial charge in [0.15, 0.2) is 0 Å². The van der Waals surface area contributed by atoms with Gasteiger partial charge in [0, 0.05) is 13.6 Å². The number of nitrogens with zero attached hydrogens (tertiary/aromatic N) is 2. The molecule has 4 heteroatoms. The van der Waals surface area contributed by atoms with Crippen LogP contribution in [0.3, 0.4) is 0 Å². The third-order valence-electron chi connectivity index (χ3n) is 1.00. The van der Waals surface area contributed by atoms with Crippen LogP contribution in [0.1, 0.15) is 13.3 Å². The molecule has 0 atom stereocenters. The van der Waals surface area contributed by atoms with E-state index in [-0.39, 0.29) is 0 Å². The third-order valence-corrected chi connectivity index (χ3v) is 1.00. The number of carbonyl (C=O) groups excluding carboxylic acids is 1. The SMILES string of the molecule is CCCN(C=NC)C(N)=O. The Morgan fingerprint density at radius 2 is 2.40 bits per heavy atom. The largest absolute Gasteiger partial charge is 0.351 e. The summed E-state index contributed by atoms with van der Waals surface area (Å²) in [5, 5.41) is 0. The van der Waals surface area contributed by atoms with Gasteiger partial charge < -0.3 is 5.73 Å². The number of primary amides is 1. The Bertz CT molecular complexity index is 133. The standard InChI is InChI=1S/C6H13N3O/c1-3-4-9(5-8-2)6(7)10/h5H,3-4H2,1-2H3,(H2,7,10). The van der Waals surface area contributed by atoms with E-state index >= 15 is 0 Å². The highest BCUT2D eigenvalue weighted by molar-refractivity contribution is 5.84. The van der Waals surface area contributed by atoms with Crippen molar-refractivity contribution in [2.45, 2.75) is 13.3 Å². The Morgan fingerprint density at radius 1 is 1.80 bits per heavy atom. The van der Waals surface area contributed by atoms with E-state index in [1.54, 1.807) is 7.05 Å². The van der Waals surface area contributed by atoms with Gasteiger partial charge in [0.1, 0.15) is 0 Å². The number of hydrogen-bond acceptors (Lipinski definition) is 2.